The highest BCUT2D eigenvalue weighted by Gasteiger charge is 2.08. The van der Waals surface area contributed by atoms with Gasteiger partial charge >= 0.3 is 5.69 Å². The first kappa shape index (κ1) is 11.7. The molecule has 0 unspecified atom stereocenters. The highest BCUT2D eigenvalue weighted by molar-refractivity contribution is 5.90. The molecule has 0 aliphatic rings. The average Bonchev–Trinajstić information content (AvgIpc) is 2.38. The molecule has 0 fully saturated rings. The number of rotatable bonds is 1. The largest absolute Gasteiger partial charge is 0.352 e. The van der Waals surface area contributed by atoms with Crippen molar-refractivity contribution in [1.29, 1.82) is 0 Å². The van der Waals surface area contributed by atoms with Crippen LogP contribution in [0.3, 0.4) is 0 Å². The van der Waals surface area contributed by atoms with Crippen molar-refractivity contribution in [3.05, 3.63) is 70.4 Å². The minimum absolute atomic E-state index is 0.228. The summed E-state index contributed by atoms with van der Waals surface area (Å²) in [5.74, 6) is 0. The van der Waals surface area contributed by atoms with E-state index in [0.717, 1.165) is 27.8 Å². The van der Waals surface area contributed by atoms with Crippen LogP contribution >= 0.6 is 0 Å². The lowest BCUT2D eigenvalue weighted by molar-refractivity contribution is 0.860. The normalized spacial score (nSPS) is 10.8. The van der Waals surface area contributed by atoms with Gasteiger partial charge in [-0.3, -0.25) is 4.57 Å². The third-order valence-electron chi connectivity index (χ3n) is 3.24. The van der Waals surface area contributed by atoms with Crippen LogP contribution in [-0.4, -0.2) is 9.55 Å². The van der Waals surface area contributed by atoms with E-state index in [4.69, 9.17) is 0 Å². The zero-order valence-corrected chi connectivity index (χ0v) is 10.9. The van der Waals surface area contributed by atoms with E-state index in [1.165, 1.54) is 0 Å². The second-order valence-electron chi connectivity index (χ2n) is 4.66. The van der Waals surface area contributed by atoms with Crippen LogP contribution in [0.1, 0.15) is 11.4 Å². The zero-order chi connectivity index (χ0) is 13.4. The van der Waals surface area contributed by atoms with Crippen molar-refractivity contribution in [3.8, 4) is 5.69 Å². The zero-order valence-electron chi connectivity index (χ0n) is 10.9. The van der Waals surface area contributed by atoms with Crippen molar-refractivity contribution in [2.24, 2.45) is 0 Å². The molecule has 0 spiro atoms. The van der Waals surface area contributed by atoms with Crippen molar-refractivity contribution >= 4 is 10.8 Å². The highest BCUT2D eigenvalue weighted by atomic mass is 16.1. The number of benzene rings is 2. The fourth-order valence-electron chi connectivity index (χ4n) is 2.45. The summed E-state index contributed by atoms with van der Waals surface area (Å²) in [6.07, 6.45) is 0. The lowest BCUT2D eigenvalue weighted by Gasteiger charge is -2.12. The van der Waals surface area contributed by atoms with Crippen LogP contribution in [0.5, 0.6) is 0 Å². The summed E-state index contributed by atoms with van der Waals surface area (Å²) in [5.41, 5.74) is 2.30. The molecule has 3 heteroatoms. The number of aryl methyl sites for hydroxylation is 2. The Morgan fingerprint density at radius 1 is 1.00 bits per heavy atom. The molecule has 3 rings (SSSR count). The fraction of sp³-hybridized carbons (Fsp3) is 0.125. The van der Waals surface area contributed by atoms with Crippen molar-refractivity contribution in [1.82, 2.24) is 9.55 Å². The Balaban J connectivity index is 2.41. The van der Waals surface area contributed by atoms with Gasteiger partial charge in [-0.05, 0) is 31.4 Å². The Labute approximate surface area is 111 Å². The molecule has 2 aromatic carbocycles. The van der Waals surface area contributed by atoms with Gasteiger partial charge in [-0.25, -0.2) is 4.79 Å². The van der Waals surface area contributed by atoms with Gasteiger partial charge in [-0.2, -0.15) is 4.98 Å². The van der Waals surface area contributed by atoms with Gasteiger partial charge in [0.1, 0.15) is 0 Å². The summed E-state index contributed by atoms with van der Waals surface area (Å²) < 4.78 is 1.66. The minimum atomic E-state index is -0.228. The van der Waals surface area contributed by atoms with E-state index in [1.807, 2.05) is 62.4 Å². The van der Waals surface area contributed by atoms with Gasteiger partial charge in [0, 0.05) is 16.8 Å². The van der Waals surface area contributed by atoms with Gasteiger partial charge in [0.05, 0.1) is 5.69 Å². The molecule has 0 bridgehead atoms. The standard InChI is InChI=1S/C16H14N2O/c1-11-10-12(2)18(16(19)17-11)15-9-5-7-13-6-3-4-8-14(13)15/h3-10H,1-2H3. The predicted octanol–water partition coefficient (Wildman–Crippen LogP) is 3.00. The van der Waals surface area contributed by atoms with Crippen molar-refractivity contribution < 1.29 is 0 Å². The minimum Gasteiger partial charge on any atom is -0.265 e. The monoisotopic (exact) mass is 250 g/mol. The third kappa shape index (κ3) is 1.93. The van der Waals surface area contributed by atoms with E-state index in [1.54, 1.807) is 4.57 Å². The van der Waals surface area contributed by atoms with Gasteiger partial charge in [0.2, 0.25) is 0 Å². The summed E-state index contributed by atoms with van der Waals surface area (Å²) in [5, 5.41) is 2.17. The van der Waals surface area contributed by atoms with E-state index in [2.05, 4.69) is 4.98 Å². The molecule has 0 amide bonds. The summed E-state index contributed by atoms with van der Waals surface area (Å²) in [6.45, 7) is 3.76. The summed E-state index contributed by atoms with van der Waals surface area (Å²) in [7, 11) is 0. The second-order valence-corrected chi connectivity index (χ2v) is 4.66. The number of hydrogen-bond acceptors (Lipinski definition) is 2. The van der Waals surface area contributed by atoms with Gasteiger partial charge in [-0.15, -0.1) is 0 Å². The molecule has 0 saturated heterocycles. The van der Waals surface area contributed by atoms with Gasteiger partial charge in [-0.1, -0.05) is 36.4 Å². The van der Waals surface area contributed by atoms with E-state index < -0.39 is 0 Å². The van der Waals surface area contributed by atoms with Crippen LogP contribution in [-0.2, 0) is 0 Å². The molecular weight excluding hydrogens is 236 g/mol. The highest BCUT2D eigenvalue weighted by Crippen LogP contribution is 2.21. The van der Waals surface area contributed by atoms with Crippen LogP contribution < -0.4 is 5.69 Å². The fourth-order valence-corrected chi connectivity index (χ4v) is 2.45. The maximum Gasteiger partial charge on any atom is 0.352 e. The Hall–Kier alpha value is -2.42. The Kier molecular flexibility index (Phi) is 2.67. The first-order chi connectivity index (χ1) is 9.16. The molecule has 0 radical (unpaired) electrons. The second kappa shape index (κ2) is 4.35. The molecule has 1 aromatic heterocycles. The summed E-state index contributed by atoms with van der Waals surface area (Å²) >= 11 is 0. The van der Waals surface area contributed by atoms with E-state index in [9.17, 15) is 4.79 Å². The van der Waals surface area contributed by atoms with E-state index >= 15 is 0 Å². The van der Waals surface area contributed by atoms with Crippen LogP contribution in [0.25, 0.3) is 16.5 Å². The number of nitrogens with zero attached hydrogens (tertiary/aromatic N) is 2. The Bertz CT molecular complexity index is 813. The van der Waals surface area contributed by atoms with Crippen molar-refractivity contribution in [2.75, 3.05) is 0 Å². The van der Waals surface area contributed by atoms with Crippen molar-refractivity contribution in [2.45, 2.75) is 13.8 Å². The van der Waals surface area contributed by atoms with Crippen molar-refractivity contribution in [3.63, 3.8) is 0 Å². The molecule has 0 N–H and O–H groups in total. The molecule has 3 aromatic rings. The first-order valence-electron chi connectivity index (χ1n) is 6.22. The Morgan fingerprint density at radius 2 is 1.74 bits per heavy atom. The number of fused-ring (bicyclic) bond motifs is 1. The van der Waals surface area contributed by atoms with Gasteiger partial charge in [0.15, 0.2) is 0 Å². The van der Waals surface area contributed by atoms with Gasteiger partial charge in [0.25, 0.3) is 0 Å². The molecular formula is C16H14N2O. The first-order valence-corrected chi connectivity index (χ1v) is 6.22. The topological polar surface area (TPSA) is 34.9 Å². The lowest BCUT2D eigenvalue weighted by atomic mass is 10.1. The molecule has 0 aliphatic carbocycles. The average molecular weight is 250 g/mol. The molecule has 0 atom stereocenters. The SMILES string of the molecule is Cc1cc(C)n(-c2cccc3ccccc23)c(=O)n1. The van der Waals surface area contributed by atoms with E-state index in [0.29, 0.717) is 0 Å². The van der Waals surface area contributed by atoms with Crippen LogP contribution in [0, 0.1) is 13.8 Å². The molecule has 0 aliphatic heterocycles. The Morgan fingerprint density at radius 3 is 2.53 bits per heavy atom. The van der Waals surface area contributed by atoms with Gasteiger partial charge < -0.3 is 0 Å². The molecule has 19 heavy (non-hydrogen) atoms. The molecule has 3 nitrogen and oxygen atoms in total. The summed E-state index contributed by atoms with van der Waals surface area (Å²) in [6, 6.07) is 15.9. The molecule has 1 heterocycles. The quantitative estimate of drug-likeness (QED) is 0.665. The van der Waals surface area contributed by atoms with E-state index in [-0.39, 0.29) is 5.69 Å². The van der Waals surface area contributed by atoms with Crippen LogP contribution in [0.2, 0.25) is 0 Å². The number of hydrogen-bond donors (Lipinski definition) is 0. The van der Waals surface area contributed by atoms with Crippen LogP contribution in [0.4, 0.5) is 0 Å². The summed E-state index contributed by atoms with van der Waals surface area (Å²) in [4.78, 5) is 16.2. The number of aromatic nitrogens is 2. The smallest absolute Gasteiger partial charge is 0.265 e. The molecule has 0 saturated carbocycles. The lowest BCUT2D eigenvalue weighted by Crippen LogP contribution is -2.24. The maximum absolute atomic E-state index is 12.2. The third-order valence-corrected chi connectivity index (χ3v) is 3.24. The maximum atomic E-state index is 12.2. The molecule has 94 valence electrons. The van der Waals surface area contributed by atoms with Crippen LogP contribution in [0.15, 0.2) is 53.3 Å². The predicted molar refractivity (Wildman–Crippen MR) is 76.8 cm³/mol.